The van der Waals surface area contributed by atoms with Crippen LogP contribution in [0.25, 0.3) is 21.8 Å². The van der Waals surface area contributed by atoms with Crippen molar-refractivity contribution in [1.29, 1.82) is 0 Å². The van der Waals surface area contributed by atoms with Crippen LogP contribution in [0, 0.1) is 5.82 Å². The molecular weight excluding hydrogens is 329 g/mol. The summed E-state index contributed by atoms with van der Waals surface area (Å²) in [6.07, 6.45) is 1.56. The van der Waals surface area contributed by atoms with Gasteiger partial charge in [0, 0.05) is 28.9 Å². The van der Waals surface area contributed by atoms with Crippen molar-refractivity contribution in [3.8, 4) is 0 Å². The molecule has 4 nitrogen and oxygen atoms in total. The van der Waals surface area contributed by atoms with Gasteiger partial charge in [-0.3, -0.25) is 4.79 Å². The van der Waals surface area contributed by atoms with Gasteiger partial charge in [0.15, 0.2) is 0 Å². The number of benzene rings is 3. The molecule has 1 heterocycles. The second kappa shape index (κ2) is 6.44. The zero-order valence-electron chi connectivity index (χ0n) is 14.1. The van der Waals surface area contributed by atoms with Crippen LogP contribution in [0.5, 0.6) is 0 Å². The molecule has 4 aromatic rings. The van der Waals surface area contributed by atoms with E-state index in [1.54, 1.807) is 12.3 Å². The van der Waals surface area contributed by atoms with E-state index >= 15 is 0 Å². The number of rotatable bonds is 3. The number of hydrogen-bond acceptors (Lipinski definition) is 2. The first-order valence-corrected chi connectivity index (χ1v) is 8.20. The molecule has 0 aliphatic rings. The molecule has 1 aromatic heterocycles. The summed E-state index contributed by atoms with van der Waals surface area (Å²) in [4.78, 5) is 12.0. The van der Waals surface area contributed by atoms with Crippen LogP contribution in [0.1, 0.15) is 15.9 Å². The standard InChI is InChI=1S/C21H16FN3O/c1-25-19-9-5-3-6-15(19)17-12-14(10-11-20(17)25)13-23-24-21(26)16-7-2-4-8-18(16)22/h2-13H,1H3,(H,24,26)/b23-13-. The Kier molecular flexibility index (Phi) is 3.97. The Morgan fingerprint density at radius 2 is 1.73 bits per heavy atom. The van der Waals surface area contributed by atoms with Crippen molar-refractivity contribution < 1.29 is 9.18 Å². The maximum atomic E-state index is 13.6. The van der Waals surface area contributed by atoms with Gasteiger partial charge in [0.05, 0.1) is 11.8 Å². The number of carbonyl (C=O) groups is 1. The summed E-state index contributed by atoms with van der Waals surface area (Å²) in [5.74, 6) is -1.15. The fraction of sp³-hybridized carbons (Fsp3) is 0.0476. The van der Waals surface area contributed by atoms with Crippen molar-refractivity contribution in [3.05, 3.63) is 83.7 Å². The number of carbonyl (C=O) groups excluding carboxylic acids is 1. The van der Waals surface area contributed by atoms with Crippen LogP contribution < -0.4 is 5.43 Å². The van der Waals surface area contributed by atoms with Crippen LogP contribution in [0.3, 0.4) is 0 Å². The van der Waals surface area contributed by atoms with E-state index in [2.05, 4.69) is 27.2 Å². The minimum atomic E-state index is -0.578. The highest BCUT2D eigenvalue weighted by atomic mass is 19.1. The van der Waals surface area contributed by atoms with E-state index < -0.39 is 11.7 Å². The third kappa shape index (κ3) is 2.73. The molecule has 1 N–H and O–H groups in total. The first-order chi connectivity index (χ1) is 12.6. The third-order valence-corrected chi connectivity index (χ3v) is 4.44. The average Bonchev–Trinajstić information content (AvgIpc) is 2.95. The van der Waals surface area contributed by atoms with Gasteiger partial charge in [0.25, 0.3) is 5.91 Å². The van der Waals surface area contributed by atoms with Gasteiger partial charge in [0.1, 0.15) is 5.82 Å². The van der Waals surface area contributed by atoms with Crippen molar-refractivity contribution in [2.75, 3.05) is 0 Å². The molecule has 0 unspecified atom stereocenters. The quantitative estimate of drug-likeness (QED) is 0.438. The molecule has 128 valence electrons. The predicted octanol–water partition coefficient (Wildman–Crippen LogP) is 4.23. The van der Waals surface area contributed by atoms with E-state index in [4.69, 9.17) is 0 Å². The summed E-state index contributed by atoms with van der Waals surface area (Å²) >= 11 is 0. The zero-order chi connectivity index (χ0) is 18.1. The number of fused-ring (bicyclic) bond motifs is 3. The second-order valence-electron chi connectivity index (χ2n) is 6.03. The van der Waals surface area contributed by atoms with E-state index in [0.29, 0.717) is 0 Å². The first-order valence-electron chi connectivity index (χ1n) is 8.20. The minimum Gasteiger partial charge on any atom is -0.344 e. The summed E-state index contributed by atoms with van der Waals surface area (Å²) in [5.41, 5.74) is 5.46. The zero-order valence-corrected chi connectivity index (χ0v) is 14.1. The van der Waals surface area contributed by atoms with Crippen LogP contribution in [0.4, 0.5) is 4.39 Å². The smallest absolute Gasteiger partial charge is 0.274 e. The van der Waals surface area contributed by atoms with Crippen molar-refractivity contribution in [2.45, 2.75) is 0 Å². The second-order valence-corrected chi connectivity index (χ2v) is 6.03. The SMILES string of the molecule is Cn1c2ccccc2c2cc(/C=N\NC(=O)c3ccccc3F)ccc21. The molecule has 0 saturated heterocycles. The topological polar surface area (TPSA) is 46.4 Å². The van der Waals surface area contributed by atoms with Crippen LogP contribution in [-0.2, 0) is 7.05 Å². The first kappa shape index (κ1) is 16.0. The van der Waals surface area contributed by atoms with Gasteiger partial charge < -0.3 is 4.57 Å². The van der Waals surface area contributed by atoms with Gasteiger partial charge in [-0.05, 0) is 35.9 Å². The number of para-hydroxylation sites is 1. The van der Waals surface area contributed by atoms with Crippen molar-refractivity contribution in [1.82, 2.24) is 9.99 Å². The molecule has 5 heteroatoms. The van der Waals surface area contributed by atoms with E-state index in [1.165, 1.54) is 18.2 Å². The molecular formula is C21H16FN3O. The lowest BCUT2D eigenvalue weighted by Crippen LogP contribution is -2.18. The number of hydrazone groups is 1. The normalized spacial score (nSPS) is 11.5. The lowest BCUT2D eigenvalue weighted by molar-refractivity contribution is 0.0951. The minimum absolute atomic E-state index is 0.0332. The van der Waals surface area contributed by atoms with Gasteiger partial charge in [-0.1, -0.05) is 36.4 Å². The molecule has 0 fully saturated rings. The van der Waals surface area contributed by atoms with E-state index in [-0.39, 0.29) is 5.56 Å². The summed E-state index contributed by atoms with van der Waals surface area (Å²) in [5, 5.41) is 6.24. The van der Waals surface area contributed by atoms with Crippen molar-refractivity contribution in [2.24, 2.45) is 12.1 Å². The van der Waals surface area contributed by atoms with Crippen LogP contribution >= 0.6 is 0 Å². The largest absolute Gasteiger partial charge is 0.344 e. The van der Waals surface area contributed by atoms with E-state index in [0.717, 1.165) is 27.4 Å². The van der Waals surface area contributed by atoms with E-state index in [1.807, 2.05) is 37.4 Å². The Morgan fingerprint density at radius 3 is 2.58 bits per heavy atom. The Hall–Kier alpha value is -3.47. The molecule has 3 aromatic carbocycles. The maximum absolute atomic E-state index is 13.6. The lowest BCUT2D eigenvalue weighted by atomic mass is 10.1. The van der Waals surface area contributed by atoms with Crippen LogP contribution in [0.15, 0.2) is 71.8 Å². The van der Waals surface area contributed by atoms with Gasteiger partial charge in [-0.2, -0.15) is 5.10 Å². The number of aryl methyl sites for hydroxylation is 1. The number of nitrogens with zero attached hydrogens (tertiary/aromatic N) is 2. The highest BCUT2D eigenvalue weighted by Gasteiger charge is 2.10. The summed E-state index contributed by atoms with van der Waals surface area (Å²) in [6.45, 7) is 0. The molecule has 0 radical (unpaired) electrons. The Bertz CT molecular complexity index is 1160. The third-order valence-electron chi connectivity index (χ3n) is 4.44. The maximum Gasteiger partial charge on any atom is 0.274 e. The van der Waals surface area contributed by atoms with Crippen LogP contribution in [0.2, 0.25) is 0 Å². The molecule has 0 bridgehead atoms. The number of nitrogens with one attached hydrogen (secondary N) is 1. The predicted molar refractivity (Wildman–Crippen MR) is 102 cm³/mol. The van der Waals surface area contributed by atoms with Gasteiger partial charge in [-0.25, -0.2) is 9.82 Å². The van der Waals surface area contributed by atoms with Crippen LogP contribution in [-0.4, -0.2) is 16.7 Å². The van der Waals surface area contributed by atoms with Gasteiger partial charge in [0.2, 0.25) is 0 Å². The molecule has 26 heavy (non-hydrogen) atoms. The average molecular weight is 345 g/mol. The molecule has 0 spiro atoms. The van der Waals surface area contributed by atoms with Gasteiger partial charge in [-0.15, -0.1) is 0 Å². The molecule has 1 amide bonds. The summed E-state index contributed by atoms with van der Waals surface area (Å²) < 4.78 is 15.7. The Labute approximate surface area is 149 Å². The Balaban J connectivity index is 1.61. The molecule has 0 saturated carbocycles. The van der Waals surface area contributed by atoms with Crippen molar-refractivity contribution >= 4 is 33.9 Å². The number of hydrogen-bond donors (Lipinski definition) is 1. The van der Waals surface area contributed by atoms with Gasteiger partial charge >= 0.3 is 0 Å². The number of aromatic nitrogens is 1. The molecule has 0 aliphatic heterocycles. The van der Waals surface area contributed by atoms with Crippen molar-refractivity contribution in [3.63, 3.8) is 0 Å². The van der Waals surface area contributed by atoms with E-state index in [9.17, 15) is 9.18 Å². The lowest BCUT2D eigenvalue weighted by Gasteiger charge is -2.01. The highest BCUT2D eigenvalue weighted by molar-refractivity contribution is 6.09. The molecule has 4 rings (SSSR count). The fourth-order valence-corrected chi connectivity index (χ4v) is 3.14. The molecule has 0 aliphatic carbocycles. The highest BCUT2D eigenvalue weighted by Crippen LogP contribution is 2.28. The molecule has 0 atom stereocenters. The summed E-state index contributed by atoms with van der Waals surface area (Å²) in [6, 6.07) is 20.0. The fourth-order valence-electron chi connectivity index (χ4n) is 3.14. The number of amides is 1. The monoisotopic (exact) mass is 345 g/mol. The number of halogens is 1. The summed E-state index contributed by atoms with van der Waals surface area (Å²) in [7, 11) is 2.03. The Morgan fingerprint density at radius 1 is 1.00 bits per heavy atom.